The van der Waals surface area contributed by atoms with Gasteiger partial charge in [-0.05, 0) is 39.1 Å². The molecule has 2 nitrogen and oxygen atoms in total. The summed E-state index contributed by atoms with van der Waals surface area (Å²) < 4.78 is 0.125. The summed E-state index contributed by atoms with van der Waals surface area (Å²) in [5, 5.41) is 0. The maximum Gasteiger partial charge on any atom is 0.181 e. The predicted molar refractivity (Wildman–Crippen MR) is 46.2 cm³/mol. The normalized spacial score (nSPS) is 13.1. The van der Waals surface area contributed by atoms with Crippen LogP contribution in [-0.4, -0.2) is 58.8 Å². The topological polar surface area (TPSA) is 6.48 Å². The first kappa shape index (κ1) is 10.5. The molecule has 10 heavy (non-hydrogen) atoms. The summed E-state index contributed by atoms with van der Waals surface area (Å²) in [5.74, 6) is 0. The standard InChI is InChI=1S/C7H17N2.Al/c1-6-7(8(2)3)9(4)5;/h6H2,1-5H3;. The Balaban J connectivity index is 4.23. The van der Waals surface area contributed by atoms with Crippen molar-refractivity contribution in [3.8, 4) is 0 Å². The number of hydrogen-bond donors (Lipinski definition) is 0. The van der Waals surface area contributed by atoms with E-state index in [-0.39, 0.29) is 4.52 Å². The van der Waals surface area contributed by atoms with Crippen LogP contribution in [0.5, 0.6) is 0 Å². The van der Waals surface area contributed by atoms with Crippen molar-refractivity contribution in [2.75, 3.05) is 28.2 Å². The molecule has 0 spiro atoms. The third-order valence-corrected chi connectivity index (χ3v) is 3.51. The van der Waals surface area contributed by atoms with Gasteiger partial charge in [-0.15, -0.1) is 0 Å². The number of hydrogen-bond acceptors (Lipinski definition) is 2. The molecular weight excluding hydrogens is 139 g/mol. The minimum absolute atomic E-state index is 0.125. The van der Waals surface area contributed by atoms with Crippen molar-refractivity contribution in [2.45, 2.75) is 17.9 Å². The highest BCUT2D eigenvalue weighted by atomic mass is 27.0. The first-order valence-electron chi connectivity index (χ1n) is 3.59. The lowest BCUT2D eigenvalue weighted by molar-refractivity contribution is 0.0809. The molecule has 0 aromatic heterocycles. The molecule has 2 radical (unpaired) electrons. The van der Waals surface area contributed by atoms with Crippen LogP contribution in [0.25, 0.3) is 0 Å². The SMILES string of the molecule is CC[C]([Al])(N(C)C)N(C)C. The van der Waals surface area contributed by atoms with Crippen LogP contribution in [0.1, 0.15) is 13.3 Å². The molecule has 0 N–H and O–H groups in total. The summed E-state index contributed by atoms with van der Waals surface area (Å²) in [6, 6.07) is 0. The highest BCUT2D eigenvalue weighted by molar-refractivity contribution is 6.14. The zero-order valence-electron chi connectivity index (χ0n) is 7.68. The Hall–Kier alpha value is 0.452. The fourth-order valence-corrected chi connectivity index (χ4v) is 1.03. The van der Waals surface area contributed by atoms with Crippen LogP contribution >= 0.6 is 0 Å². The van der Waals surface area contributed by atoms with Crippen molar-refractivity contribution in [1.82, 2.24) is 9.80 Å². The minimum Gasteiger partial charge on any atom is -0.307 e. The second-order valence-corrected chi connectivity index (χ2v) is 3.95. The number of rotatable bonds is 3. The van der Waals surface area contributed by atoms with E-state index in [1.807, 2.05) is 0 Å². The van der Waals surface area contributed by atoms with E-state index in [9.17, 15) is 0 Å². The van der Waals surface area contributed by atoms with Gasteiger partial charge in [0, 0.05) is 0 Å². The molecule has 0 saturated carbocycles. The van der Waals surface area contributed by atoms with Crippen LogP contribution in [-0.2, 0) is 0 Å². The third kappa shape index (κ3) is 1.97. The third-order valence-electron chi connectivity index (χ3n) is 2.07. The van der Waals surface area contributed by atoms with Gasteiger partial charge in [0.15, 0.2) is 16.3 Å². The molecule has 0 saturated heterocycles. The van der Waals surface area contributed by atoms with Crippen LogP contribution in [0.2, 0.25) is 0 Å². The molecule has 0 fully saturated rings. The van der Waals surface area contributed by atoms with E-state index in [1.165, 1.54) is 0 Å². The molecule has 0 aromatic carbocycles. The second-order valence-electron chi connectivity index (χ2n) is 3.02. The van der Waals surface area contributed by atoms with Gasteiger partial charge in [-0.2, -0.15) is 0 Å². The Morgan fingerprint density at radius 1 is 1.10 bits per heavy atom. The Kier molecular flexibility index (Phi) is 3.90. The fourth-order valence-electron chi connectivity index (χ4n) is 1.03. The maximum absolute atomic E-state index is 2.87. The minimum atomic E-state index is 0.125. The largest absolute Gasteiger partial charge is 0.307 e. The summed E-state index contributed by atoms with van der Waals surface area (Å²) in [5.41, 5.74) is 0. The lowest BCUT2D eigenvalue weighted by Crippen LogP contribution is -2.55. The van der Waals surface area contributed by atoms with Crippen molar-refractivity contribution in [2.24, 2.45) is 0 Å². The maximum atomic E-state index is 2.87. The molecule has 3 heteroatoms. The molecular formula is C7H17AlN2. The van der Waals surface area contributed by atoms with Crippen LogP contribution < -0.4 is 0 Å². The van der Waals surface area contributed by atoms with E-state index >= 15 is 0 Å². The quantitative estimate of drug-likeness (QED) is 0.429. The van der Waals surface area contributed by atoms with Gasteiger partial charge >= 0.3 is 0 Å². The van der Waals surface area contributed by atoms with Gasteiger partial charge in [-0.3, -0.25) is 0 Å². The first-order chi connectivity index (χ1) is 4.45. The predicted octanol–water partition coefficient (Wildman–Crippen LogP) is 0.342. The van der Waals surface area contributed by atoms with Crippen molar-refractivity contribution >= 4 is 16.3 Å². The molecule has 0 aliphatic rings. The molecule has 0 aromatic rings. The van der Waals surface area contributed by atoms with Gasteiger partial charge in [0.05, 0.1) is 0 Å². The van der Waals surface area contributed by atoms with E-state index in [2.05, 4.69) is 61.2 Å². The fraction of sp³-hybridized carbons (Fsp3) is 1.00. The Morgan fingerprint density at radius 3 is 1.40 bits per heavy atom. The number of nitrogens with zero attached hydrogens (tertiary/aromatic N) is 2. The zero-order chi connectivity index (χ0) is 8.36. The van der Waals surface area contributed by atoms with E-state index in [0.717, 1.165) is 6.42 Å². The Morgan fingerprint density at radius 2 is 1.40 bits per heavy atom. The summed E-state index contributed by atoms with van der Waals surface area (Å²) >= 11 is 2.87. The van der Waals surface area contributed by atoms with Gasteiger partial charge in [0.2, 0.25) is 0 Å². The Bertz CT molecular complexity index is 93.8. The van der Waals surface area contributed by atoms with Gasteiger partial charge in [-0.25, -0.2) is 0 Å². The van der Waals surface area contributed by atoms with Crippen molar-refractivity contribution in [3.63, 3.8) is 0 Å². The zero-order valence-corrected chi connectivity index (χ0v) is 8.83. The summed E-state index contributed by atoms with van der Waals surface area (Å²) in [6.07, 6.45) is 1.11. The monoisotopic (exact) mass is 156 g/mol. The lowest BCUT2D eigenvalue weighted by atomic mass is 10.3. The second kappa shape index (κ2) is 3.73. The Labute approximate surface area is 72.6 Å². The smallest absolute Gasteiger partial charge is 0.181 e. The van der Waals surface area contributed by atoms with E-state index < -0.39 is 0 Å². The van der Waals surface area contributed by atoms with Crippen LogP contribution in [0.3, 0.4) is 0 Å². The molecule has 58 valence electrons. The van der Waals surface area contributed by atoms with Gasteiger partial charge in [0.25, 0.3) is 0 Å². The molecule has 0 bridgehead atoms. The van der Waals surface area contributed by atoms with E-state index in [1.54, 1.807) is 0 Å². The van der Waals surface area contributed by atoms with E-state index in [0.29, 0.717) is 0 Å². The molecule has 0 unspecified atom stereocenters. The average Bonchev–Trinajstić information content (AvgIpc) is 1.85. The van der Waals surface area contributed by atoms with Crippen molar-refractivity contribution in [3.05, 3.63) is 0 Å². The molecule has 0 amide bonds. The van der Waals surface area contributed by atoms with Gasteiger partial charge in [0.1, 0.15) is 0 Å². The summed E-state index contributed by atoms with van der Waals surface area (Å²) in [6.45, 7) is 2.19. The molecule has 0 aliphatic heterocycles. The summed E-state index contributed by atoms with van der Waals surface area (Å²) in [4.78, 5) is 4.41. The summed E-state index contributed by atoms with van der Waals surface area (Å²) in [7, 11) is 8.38. The van der Waals surface area contributed by atoms with Crippen molar-refractivity contribution < 1.29 is 0 Å². The average molecular weight is 156 g/mol. The highest BCUT2D eigenvalue weighted by Crippen LogP contribution is 2.13. The van der Waals surface area contributed by atoms with Crippen LogP contribution in [0.15, 0.2) is 0 Å². The first-order valence-corrected chi connectivity index (χ1v) is 4.16. The van der Waals surface area contributed by atoms with Crippen LogP contribution in [0.4, 0.5) is 0 Å². The lowest BCUT2D eigenvalue weighted by Gasteiger charge is -2.43. The molecule has 0 aliphatic carbocycles. The van der Waals surface area contributed by atoms with Crippen molar-refractivity contribution in [1.29, 1.82) is 0 Å². The van der Waals surface area contributed by atoms with Crippen LogP contribution in [0, 0.1) is 0 Å². The molecule has 0 atom stereocenters. The molecule has 0 heterocycles. The van der Waals surface area contributed by atoms with E-state index in [4.69, 9.17) is 0 Å². The van der Waals surface area contributed by atoms with Gasteiger partial charge < -0.3 is 9.80 Å². The highest BCUT2D eigenvalue weighted by Gasteiger charge is 2.24. The molecule has 0 rings (SSSR count). The van der Waals surface area contributed by atoms with Gasteiger partial charge in [-0.1, -0.05) is 6.92 Å².